The number of carbonyl (C=O) groups excluding carboxylic acids is 1. The van der Waals surface area contributed by atoms with Gasteiger partial charge in [0.25, 0.3) is 5.91 Å². The first-order valence-corrected chi connectivity index (χ1v) is 7.19. The first-order valence-electron chi connectivity index (χ1n) is 6.37. The normalized spacial score (nSPS) is 16.2. The largest absolute Gasteiger partial charge is 0.396 e. The Morgan fingerprint density at radius 2 is 2.16 bits per heavy atom. The van der Waals surface area contributed by atoms with Gasteiger partial charge in [-0.3, -0.25) is 4.79 Å². The number of anilines is 2. The number of nitrogen functional groups attached to an aromatic ring is 1. The van der Waals surface area contributed by atoms with Crippen molar-refractivity contribution >= 4 is 27.9 Å². The molecule has 1 aliphatic heterocycles. The molecule has 5 nitrogen and oxygen atoms in total. The first-order chi connectivity index (χ1) is 9.08. The van der Waals surface area contributed by atoms with Crippen LogP contribution in [0.2, 0.25) is 0 Å². The zero-order valence-electron chi connectivity index (χ0n) is 11.2. The lowest BCUT2D eigenvalue weighted by Gasteiger charge is -2.31. The lowest BCUT2D eigenvalue weighted by Crippen LogP contribution is -2.34. The van der Waals surface area contributed by atoms with Gasteiger partial charge in [-0.2, -0.15) is 5.26 Å². The summed E-state index contributed by atoms with van der Waals surface area (Å²) in [7, 11) is 1.58. The van der Waals surface area contributed by atoms with E-state index in [2.05, 4.69) is 23.2 Å². The van der Waals surface area contributed by atoms with E-state index in [1.165, 1.54) is 11.3 Å². The number of piperidine rings is 1. The average Bonchev–Trinajstić information content (AvgIpc) is 2.75. The lowest BCUT2D eigenvalue weighted by atomic mass is 9.99. The third-order valence-electron chi connectivity index (χ3n) is 3.55. The molecule has 3 N–H and O–H groups in total. The summed E-state index contributed by atoms with van der Waals surface area (Å²) in [6, 6.07) is 2.07. The van der Waals surface area contributed by atoms with Crippen LogP contribution in [0.1, 0.15) is 35.0 Å². The number of nitrogens with two attached hydrogens (primary N) is 1. The summed E-state index contributed by atoms with van der Waals surface area (Å²) in [6.45, 7) is 4.06. The maximum atomic E-state index is 12.0. The van der Waals surface area contributed by atoms with Crippen molar-refractivity contribution in [3.63, 3.8) is 0 Å². The van der Waals surface area contributed by atoms with Crippen LogP contribution >= 0.6 is 11.3 Å². The molecule has 0 saturated carbocycles. The number of nitriles is 1. The molecule has 1 fully saturated rings. The molecule has 6 heteroatoms. The molecule has 102 valence electrons. The van der Waals surface area contributed by atoms with Crippen molar-refractivity contribution in [1.82, 2.24) is 5.32 Å². The molecule has 2 heterocycles. The molecule has 1 aliphatic rings. The van der Waals surface area contributed by atoms with Crippen LogP contribution in [0, 0.1) is 17.2 Å². The van der Waals surface area contributed by atoms with Gasteiger partial charge < -0.3 is 16.0 Å². The van der Waals surface area contributed by atoms with Crippen LogP contribution in [0.4, 0.5) is 10.7 Å². The molecule has 0 aliphatic carbocycles. The minimum atomic E-state index is -0.219. The van der Waals surface area contributed by atoms with Gasteiger partial charge in [-0.05, 0) is 18.8 Å². The smallest absolute Gasteiger partial charge is 0.256 e. The molecular weight excluding hydrogens is 260 g/mol. The quantitative estimate of drug-likeness (QED) is 0.864. The van der Waals surface area contributed by atoms with E-state index in [0.717, 1.165) is 30.9 Å². The summed E-state index contributed by atoms with van der Waals surface area (Å²) >= 11 is 1.32. The van der Waals surface area contributed by atoms with E-state index in [1.54, 1.807) is 7.05 Å². The van der Waals surface area contributed by atoms with Gasteiger partial charge in [0, 0.05) is 20.1 Å². The van der Waals surface area contributed by atoms with Gasteiger partial charge >= 0.3 is 0 Å². The van der Waals surface area contributed by atoms with Crippen LogP contribution in [-0.2, 0) is 0 Å². The van der Waals surface area contributed by atoms with Crippen molar-refractivity contribution in [3.05, 3.63) is 10.4 Å². The van der Waals surface area contributed by atoms with Crippen LogP contribution < -0.4 is 16.0 Å². The number of amides is 1. The van der Waals surface area contributed by atoms with E-state index in [4.69, 9.17) is 11.0 Å². The van der Waals surface area contributed by atoms with E-state index >= 15 is 0 Å². The van der Waals surface area contributed by atoms with E-state index in [-0.39, 0.29) is 5.91 Å². The van der Waals surface area contributed by atoms with E-state index < -0.39 is 0 Å². The van der Waals surface area contributed by atoms with Crippen molar-refractivity contribution in [1.29, 1.82) is 5.26 Å². The highest BCUT2D eigenvalue weighted by Crippen LogP contribution is 2.39. The Labute approximate surface area is 117 Å². The second kappa shape index (κ2) is 5.49. The fourth-order valence-electron chi connectivity index (χ4n) is 2.29. The zero-order chi connectivity index (χ0) is 14.0. The summed E-state index contributed by atoms with van der Waals surface area (Å²) in [5.41, 5.74) is 6.69. The van der Waals surface area contributed by atoms with Crippen LogP contribution in [-0.4, -0.2) is 26.0 Å². The van der Waals surface area contributed by atoms with Crippen molar-refractivity contribution in [2.45, 2.75) is 19.8 Å². The molecular formula is C13H18N4OS. The third-order valence-corrected chi connectivity index (χ3v) is 4.72. The Bertz CT molecular complexity index is 523. The Morgan fingerprint density at radius 3 is 2.68 bits per heavy atom. The number of rotatable bonds is 2. The second-order valence-corrected chi connectivity index (χ2v) is 5.88. The number of nitrogens with one attached hydrogen (secondary N) is 1. The number of hydrogen-bond donors (Lipinski definition) is 2. The molecule has 0 aromatic carbocycles. The summed E-state index contributed by atoms with van der Waals surface area (Å²) in [5.74, 6) is 0.497. The van der Waals surface area contributed by atoms with Gasteiger partial charge in [-0.1, -0.05) is 6.92 Å². The first kappa shape index (κ1) is 13.7. The van der Waals surface area contributed by atoms with Crippen LogP contribution in [0.15, 0.2) is 0 Å². The molecule has 1 aromatic heterocycles. The highest BCUT2D eigenvalue weighted by Gasteiger charge is 2.27. The van der Waals surface area contributed by atoms with E-state index in [0.29, 0.717) is 22.0 Å². The van der Waals surface area contributed by atoms with Crippen LogP contribution in [0.5, 0.6) is 0 Å². The standard InChI is InChI=1S/C13H18N4OS/c1-8-3-5-17(6-4-8)13-10(12(18)16-2)11(15)9(7-14)19-13/h8H,3-6,15H2,1-2H3,(H,16,18). The predicted molar refractivity (Wildman–Crippen MR) is 77.4 cm³/mol. The van der Waals surface area contributed by atoms with Crippen molar-refractivity contribution in [2.24, 2.45) is 5.92 Å². The molecule has 0 bridgehead atoms. The predicted octanol–water partition coefficient (Wildman–Crippen LogP) is 1.80. The number of nitrogens with zero attached hydrogens (tertiary/aromatic N) is 2. The fourth-order valence-corrected chi connectivity index (χ4v) is 3.36. The molecule has 0 spiro atoms. The van der Waals surface area contributed by atoms with Crippen molar-refractivity contribution in [2.75, 3.05) is 30.8 Å². The number of carbonyl (C=O) groups is 1. The van der Waals surface area contributed by atoms with Gasteiger partial charge in [0.05, 0.1) is 11.3 Å². The Kier molecular flexibility index (Phi) is 3.96. The molecule has 2 rings (SSSR count). The van der Waals surface area contributed by atoms with Gasteiger partial charge in [0.2, 0.25) is 0 Å². The molecule has 19 heavy (non-hydrogen) atoms. The maximum Gasteiger partial charge on any atom is 0.256 e. The van der Waals surface area contributed by atoms with Gasteiger partial charge in [0.1, 0.15) is 15.9 Å². The summed E-state index contributed by atoms with van der Waals surface area (Å²) in [5, 5.41) is 12.5. The third kappa shape index (κ3) is 2.51. The summed E-state index contributed by atoms with van der Waals surface area (Å²) in [6.07, 6.45) is 2.21. The lowest BCUT2D eigenvalue weighted by molar-refractivity contribution is 0.0964. The fraction of sp³-hybridized carbons (Fsp3) is 0.538. The van der Waals surface area contributed by atoms with Crippen LogP contribution in [0.25, 0.3) is 0 Å². The Balaban J connectivity index is 2.39. The zero-order valence-corrected chi connectivity index (χ0v) is 12.0. The van der Waals surface area contributed by atoms with Crippen molar-refractivity contribution in [3.8, 4) is 6.07 Å². The summed E-state index contributed by atoms with van der Waals surface area (Å²) < 4.78 is 0. The molecule has 0 atom stereocenters. The highest BCUT2D eigenvalue weighted by atomic mass is 32.1. The topological polar surface area (TPSA) is 82.2 Å². The molecule has 1 aromatic rings. The van der Waals surface area contributed by atoms with Gasteiger partial charge in [-0.25, -0.2) is 0 Å². The highest BCUT2D eigenvalue weighted by molar-refractivity contribution is 7.17. The van der Waals surface area contributed by atoms with Crippen LogP contribution in [0.3, 0.4) is 0 Å². The van der Waals surface area contributed by atoms with E-state index in [1.807, 2.05) is 0 Å². The Hall–Kier alpha value is -1.74. The van der Waals surface area contributed by atoms with Crippen molar-refractivity contribution < 1.29 is 4.79 Å². The second-order valence-electron chi connectivity index (χ2n) is 4.89. The number of thiophene rings is 1. The van der Waals surface area contributed by atoms with Gasteiger partial charge in [-0.15, -0.1) is 11.3 Å². The Morgan fingerprint density at radius 1 is 1.53 bits per heavy atom. The maximum absolute atomic E-state index is 12.0. The monoisotopic (exact) mass is 278 g/mol. The minimum Gasteiger partial charge on any atom is -0.396 e. The van der Waals surface area contributed by atoms with E-state index in [9.17, 15) is 4.79 Å². The summed E-state index contributed by atoms with van der Waals surface area (Å²) in [4.78, 5) is 14.6. The SMILES string of the molecule is CNC(=O)c1c(N2CCC(C)CC2)sc(C#N)c1N. The molecule has 0 unspecified atom stereocenters. The van der Waals surface area contributed by atoms with Gasteiger partial charge in [0.15, 0.2) is 0 Å². The molecule has 1 amide bonds. The molecule has 1 saturated heterocycles. The molecule has 0 radical (unpaired) electrons. The number of hydrogen-bond acceptors (Lipinski definition) is 5. The average molecular weight is 278 g/mol. The minimum absolute atomic E-state index is 0.219.